The fourth-order valence-electron chi connectivity index (χ4n) is 4.23. The number of ether oxygens (including phenoxy) is 1. The number of allylic oxidation sites excluding steroid dienone is 2. The van der Waals surface area contributed by atoms with Crippen LogP contribution < -0.4 is 0 Å². The summed E-state index contributed by atoms with van der Waals surface area (Å²) >= 11 is 0. The van der Waals surface area contributed by atoms with Gasteiger partial charge in [0.1, 0.15) is 5.60 Å². The molecule has 0 bridgehead atoms. The molecule has 0 aromatic rings. The molecule has 0 N–H and O–H groups in total. The lowest BCUT2D eigenvalue weighted by atomic mass is 9.76. The number of hydrogen-bond acceptors (Lipinski definition) is 2. The quantitative estimate of drug-likeness (QED) is 0.667. The van der Waals surface area contributed by atoms with Crippen LogP contribution in [0.3, 0.4) is 0 Å². The molecular weight excluding hydrogens is 260 g/mol. The van der Waals surface area contributed by atoms with Gasteiger partial charge in [-0.1, -0.05) is 31.1 Å². The maximum atomic E-state index is 12.1. The van der Waals surface area contributed by atoms with E-state index in [1.807, 2.05) is 6.92 Å². The van der Waals surface area contributed by atoms with Crippen molar-refractivity contribution >= 4 is 5.97 Å². The fraction of sp³-hybridized carbons (Fsp3) is 0.632. The first-order valence-electron chi connectivity index (χ1n) is 8.46. The molecule has 0 saturated heterocycles. The lowest BCUT2D eigenvalue weighted by Gasteiger charge is -2.35. The zero-order valence-corrected chi connectivity index (χ0v) is 13.2. The van der Waals surface area contributed by atoms with Gasteiger partial charge in [-0.15, -0.1) is 0 Å². The van der Waals surface area contributed by atoms with Gasteiger partial charge >= 0.3 is 5.97 Å². The van der Waals surface area contributed by atoms with Crippen LogP contribution in [-0.2, 0) is 9.53 Å². The summed E-state index contributed by atoms with van der Waals surface area (Å²) in [7, 11) is 0. The van der Waals surface area contributed by atoms with Crippen LogP contribution in [0.4, 0.5) is 0 Å². The second kappa shape index (κ2) is 5.82. The highest BCUT2D eigenvalue weighted by atomic mass is 16.6. The van der Waals surface area contributed by atoms with Crippen molar-refractivity contribution < 1.29 is 9.53 Å². The van der Waals surface area contributed by atoms with Gasteiger partial charge in [0, 0.05) is 11.1 Å². The molecule has 0 unspecified atom stereocenters. The second-order valence-corrected chi connectivity index (χ2v) is 6.83. The van der Waals surface area contributed by atoms with Crippen molar-refractivity contribution in [1.82, 2.24) is 0 Å². The van der Waals surface area contributed by atoms with Crippen LogP contribution in [0.15, 0.2) is 34.9 Å². The highest BCUT2D eigenvalue weighted by Gasteiger charge is 2.47. The molecule has 1 spiro atoms. The number of hydrogen-bond donors (Lipinski definition) is 0. The Morgan fingerprint density at radius 2 is 1.71 bits per heavy atom. The van der Waals surface area contributed by atoms with E-state index >= 15 is 0 Å². The molecule has 2 fully saturated rings. The molecule has 0 aromatic carbocycles. The largest absolute Gasteiger partial charge is 0.451 e. The third-order valence-electron chi connectivity index (χ3n) is 5.28. The molecule has 21 heavy (non-hydrogen) atoms. The Balaban J connectivity index is 1.89. The average molecular weight is 286 g/mol. The van der Waals surface area contributed by atoms with E-state index in [0.717, 1.165) is 42.4 Å². The van der Waals surface area contributed by atoms with Crippen molar-refractivity contribution in [1.29, 1.82) is 0 Å². The predicted octanol–water partition coefficient (Wildman–Crippen LogP) is 5.01. The smallest absolute Gasteiger partial charge is 0.335 e. The second-order valence-electron chi connectivity index (χ2n) is 6.83. The van der Waals surface area contributed by atoms with Gasteiger partial charge in [-0.05, 0) is 63.9 Å². The third kappa shape index (κ3) is 2.73. The van der Waals surface area contributed by atoms with Crippen LogP contribution >= 0.6 is 0 Å². The van der Waals surface area contributed by atoms with E-state index in [-0.39, 0.29) is 11.6 Å². The van der Waals surface area contributed by atoms with Gasteiger partial charge in [0.2, 0.25) is 0 Å². The summed E-state index contributed by atoms with van der Waals surface area (Å²) < 4.78 is 5.82. The lowest BCUT2D eigenvalue weighted by molar-refractivity contribution is -0.149. The van der Waals surface area contributed by atoms with E-state index in [1.54, 1.807) is 0 Å². The van der Waals surface area contributed by atoms with Gasteiger partial charge in [-0.25, -0.2) is 4.79 Å². The molecule has 0 amide bonds. The standard InChI is InChI=1S/C19H26O2/c1-14(13-16-9-5-3-6-10-16)17-15(2)18(20)21-19(17)11-7-4-8-12-19/h13H,1,3-12H2,2H3. The lowest BCUT2D eigenvalue weighted by Crippen LogP contribution is -2.35. The molecule has 2 aliphatic carbocycles. The van der Waals surface area contributed by atoms with Gasteiger partial charge in [-0.3, -0.25) is 0 Å². The van der Waals surface area contributed by atoms with E-state index in [2.05, 4.69) is 12.7 Å². The molecule has 3 rings (SSSR count). The molecule has 2 saturated carbocycles. The highest BCUT2D eigenvalue weighted by molar-refractivity contribution is 5.94. The molecule has 0 radical (unpaired) electrons. The molecule has 0 aromatic heterocycles. The normalized spacial score (nSPS) is 25.2. The van der Waals surface area contributed by atoms with E-state index in [1.165, 1.54) is 44.1 Å². The van der Waals surface area contributed by atoms with Crippen LogP contribution in [0, 0.1) is 0 Å². The Morgan fingerprint density at radius 3 is 2.38 bits per heavy atom. The van der Waals surface area contributed by atoms with Gasteiger partial charge in [0.05, 0.1) is 0 Å². The highest BCUT2D eigenvalue weighted by Crippen LogP contribution is 2.46. The summed E-state index contributed by atoms with van der Waals surface area (Å²) in [5.74, 6) is -0.130. The van der Waals surface area contributed by atoms with Gasteiger partial charge < -0.3 is 4.74 Å². The van der Waals surface area contributed by atoms with Crippen molar-refractivity contribution in [3.8, 4) is 0 Å². The minimum Gasteiger partial charge on any atom is -0.451 e. The number of carbonyl (C=O) groups excluding carboxylic acids is 1. The Bertz CT molecular complexity index is 508. The van der Waals surface area contributed by atoms with E-state index < -0.39 is 0 Å². The predicted molar refractivity (Wildman–Crippen MR) is 84.9 cm³/mol. The summed E-state index contributed by atoms with van der Waals surface area (Å²) in [5, 5.41) is 0. The topological polar surface area (TPSA) is 26.3 Å². The Kier molecular flexibility index (Phi) is 4.05. The maximum absolute atomic E-state index is 12.1. The number of esters is 1. The van der Waals surface area contributed by atoms with Gasteiger partial charge in [0.15, 0.2) is 0 Å². The Labute approximate surface area is 127 Å². The minimum atomic E-state index is -0.359. The monoisotopic (exact) mass is 286 g/mol. The molecule has 3 aliphatic rings. The van der Waals surface area contributed by atoms with Crippen LogP contribution in [0.2, 0.25) is 0 Å². The number of rotatable bonds is 2. The third-order valence-corrected chi connectivity index (χ3v) is 5.28. The average Bonchev–Trinajstić information content (AvgIpc) is 2.71. The molecule has 2 heteroatoms. The summed E-state index contributed by atoms with van der Waals surface area (Å²) in [6.45, 7) is 6.21. The van der Waals surface area contributed by atoms with Crippen LogP contribution in [0.25, 0.3) is 0 Å². The Hall–Kier alpha value is -1.31. The van der Waals surface area contributed by atoms with Gasteiger partial charge in [0.25, 0.3) is 0 Å². The Morgan fingerprint density at radius 1 is 1.10 bits per heavy atom. The van der Waals surface area contributed by atoms with Crippen LogP contribution in [0.5, 0.6) is 0 Å². The minimum absolute atomic E-state index is 0.130. The molecule has 1 aliphatic heterocycles. The summed E-state index contributed by atoms with van der Waals surface area (Å²) in [6, 6.07) is 0. The van der Waals surface area contributed by atoms with Crippen molar-refractivity contribution in [3.63, 3.8) is 0 Å². The first-order valence-corrected chi connectivity index (χ1v) is 8.46. The van der Waals surface area contributed by atoms with E-state index in [9.17, 15) is 4.79 Å². The van der Waals surface area contributed by atoms with Crippen LogP contribution in [-0.4, -0.2) is 11.6 Å². The van der Waals surface area contributed by atoms with Crippen LogP contribution in [0.1, 0.15) is 71.1 Å². The summed E-state index contributed by atoms with van der Waals surface area (Å²) in [6.07, 6.45) is 14.0. The van der Waals surface area contributed by atoms with Crippen molar-refractivity contribution in [2.24, 2.45) is 0 Å². The summed E-state index contributed by atoms with van der Waals surface area (Å²) in [4.78, 5) is 12.1. The maximum Gasteiger partial charge on any atom is 0.335 e. The SMILES string of the molecule is C=C(C=C1CCCCC1)C1=C(C)C(=O)OC12CCCCC2. The van der Waals surface area contributed by atoms with Crippen molar-refractivity contribution in [2.45, 2.75) is 76.7 Å². The zero-order valence-electron chi connectivity index (χ0n) is 13.2. The van der Waals surface area contributed by atoms with Crippen molar-refractivity contribution in [3.05, 3.63) is 34.9 Å². The van der Waals surface area contributed by atoms with Crippen molar-refractivity contribution in [2.75, 3.05) is 0 Å². The number of carbonyl (C=O) groups is 1. The zero-order chi connectivity index (χ0) is 14.9. The molecular formula is C19H26O2. The molecule has 2 nitrogen and oxygen atoms in total. The molecule has 114 valence electrons. The first-order chi connectivity index (χ1) is 10.1. The summed E-state index contributed by atoms with van der Waals surface area (Å²) in [5.41, 5.74) is 4.05. The first kappa shape index (κ1) is 14.6. The fourth-order valence-corrected chi connectivity index (χ4v) is 4.23. The van der Waals surface area contributed by atoms with E-state index in [4.69, 9.17) is 4.74 Å². The van der Waals surface area contributed by atoms with E-state index in [0.29, 0.717) is 0 Å². The molecule has 0 atom stereocenters. The van der Waals surface area contributed by atoms with Gasteiger partial charge in [-0.2, -0.15) is 0 Å². The molecule has 1 heterocycles.